The number of likely N-dealkylation sites (tertiary alicyclic amines) is 1. The fourth-order valence-corrected chi connectivity index (χ4v) is 2.62. The molecule has 1 aromatic carbocycles. The van der Waals surface area contributed by atoms with Crippen LogP contribution in [0, 0.1) is 20.8 Å². The van der Waals surface area contributed by atoms with Crippen molar-refractivity contribution in [3.63, 3.8) is 0 Å². The van der Waals surface area contributed by atoms with Gasteiger partial charge in [-0.2, -0.15) is 0 Å². The van der Waals surface area contributed by atoms with Crippen LogP contribution in [0.1, 0.15) is 28.7 Å². The number of benzene rings is 1. The lowest BCUT2D eigenvalue weighted by Crippen LogP contribution is -2.32. The largest absolute Gasteiger partial charge is 0.445 e. The van der Waals surface area contributed by atoms with Gasteiger partial charge in [0, 0.05) is 19.1 Å². The maximum Gasteiger partial charge on any atom is 0.410 e. The highest BCUT2D eigenvalue weighted by molar-refractivity contribution is 5.68. The minimum atomic E-state index is -0.257. The van der Waals surface area contributed by atoms with Gasteiger partial charge in [-0.05, 0) is 43.9 Å². The van der Waals surface area contributed by atoms with Crippen molar-refractivity contribution >= 4 is 6.09 Å². The maximum absolute atomic E-state index is 11.9. The van der Waals surface area contributed by atoms with E-state index in [0.29, 0.717) is 19.7 Å². The lowest BCUT2D eigenvalue weighted by Gasteiger charge is -2.17. The van der Waals surface area contributed by atoms with Gasteiger partial charge in [-0.1, -0.05) is 17.7 Å². The van der Waals surface area contributed by atoms with Crippen molar-refractivity contribution < 1.29 is 9.53 Å². The lowest BCUT2D eigenvalue weighted by molar-refractivity contribution is 0.103. The molecule has 0 radical (unpaired) electrons. The summed E-state index contributed by atoms with van der Waals surface area (Å²) in [5.41, 5.74) is 10.5. The molecule has 1 aliphatic rings. The monoisotopic (exact) mass is 262 g/mol. The predicted octanol–water partition coefficient (Wildman–Crippen LogP) is 2.28. The molecule has 1 amide bonds. The molecule has 0 spiro atoms. The predicted molar refractivity (Wildman–Crippen MR) is 75.0 cm³/mol. The fraction of sp³-hybridized carbons (Fsp3) is 0.533. The zero-order valence-electron chi connectivity index (χ0n) is 11.9. The van der Waals surface area contributed by atoms with E-state index >= 15 is 0 Å². The van der Waals surface area contributed by atoms with Gasteiger partial charge in [0.15, 0.2) is 0 Å². The van der Waals surface area contributed by atoms with Crippen LogP contribution >= 0.6 is 0 Å². The average molecular weight is 262 g/mol. The number of nitrogens with two attached hydrogens (primary N) is 1. The van der Waals surface area contributed by atoms with Crippen LogP contribution in [0.2, 0.25) is 0 Å². The molecule has 0 bridgehead atoms. The normalized spacial score (nSPS) is 18.7. The van der Waals surface area contributed by atoms with E-state index in [-0.39, 0.29) is 12.1 Å². The number of nitrogens with zero attached hydrogens (tertiary/aromatic N) is 1. The van der Waals surface area contributed by atoms with Crippen LogP contribution in [-0.4, -0.2) is 30.1 Å². The molecule has 4 heteroatoms. The Morgan fingerprint density at radius 2 is 2.00 bits per heavy atom. The van der Waals surface area contributed by atoms with Gasteiger partial charge in [-0.15, -0.1) is 0 Å². The van der Waals surface area contributed by atoms with E-state index in [1.165, 1.54) is 16.7 Å². The molecule has 1 heterocycles. The Kier molecular flexibility index (Phi) is 4.10. The van der Waals surface area contributed by atoms with Crippen LogP contribution in [0.4, 0.5) is 4.79 Å². The van der Waals surface area contributed by atoms with Crippen LogP contribution in [0.25, 0.3) is 0 Å². The zero-order valence-corrected chi connectivity index (χ0v) is 11.9. The highest BCUT2D eigenvalue weighted by atomic mass is 16.6. The van der Waals surface area contributed by atoms with Gasteiger partial charge >= 0.3 is 6.09 Å². The molecule has 1 fully saturated rings. The number of rotatable bonds is 2. The average Bonchev–Trinajstić information content (AvgIpc) is 2.74. The summed E-state index contributed by atoms with van der Waals surface area (Å²) in [5, 5.41) is 0. The second-order valence-corrected chi connectivity index (χ2v) is 5.43. The Hall–Kier alpha value is -1.55. The highest BCUT2D eigenvalue weighted by Gasteiger charge is 2.24. The maximum atomic E-state index is 11.9. The summed E-state index contributed by atoms with van der Waals surface area (Å²) >= 11 is 0. The van der Waals surface area contributed by atoms with E-state index in [4.69, 9.17) is 10.5 Å². The van der Waals surface area contributed by atoms with Gasteiger partial charge in [0.25, 0.3) is 0 Å². The summed E-state index contributed by atoms with van der Waals surface area (Å²) in [6.07, 6.45) is 0.602. The summed E-state index contributed by atoms with van der Waals surface area (Å²) in [7, 11) is 0. The van der Waals surface area contributed by atoms with Crippen LogP contribution in [0.15, 0.2) is 12.1 Å². The van der Waals surface area contributed by atoms with E-state index in [1.54, 1.807) is 4.90 Å². The standard InChI is InChI=1S/C15H22N2O2/c1-10-6-11(2)14(12(3)7-10)9-19-15(18)17-5-4-13(16)8-17/h6-7,13H,4-5,8-9,16H2,1-3H3. The number of carbonyl (C=O) groups is 1. The quantitative estimate of drug-likeness (QED) is 0.889. The first kappa shape index (κ1) is 13.9. The molecule has 2 rings (SSSR count). The molecule has 1 aromatic rings. The summed E-state index contributed by atoms with van der Waals surface area (Å²) in [6.45, 7) is 7.81. The Labute approximate surface area is 114 Å². The first-order chi connectivity index (χ1) is 8.97. The Morgan fingerprint density at radius 3 is 2.53 bits per heavy atom. The van der Waals surface area contributed by atoms with Crippen molar-refractivity contribution in [2.24, 2.45) is 5.73 Å². The van der Waals surface area contributed by atoms with Gasteiger partial charge < -0.3 is 15.4 Å². The highest BCUT2D eigenvalue weighted by Crippen LogP contribution is 2.18. The van der Waals surface area contributed by atoms with Gasteiger partial charge in [-0.3, -0.25) is 0 Å². The molecule has 2 N–H and O–H groups in total. The molecule has 0 saturated carbocycles. The first-order valence-corrected chi connectivity index (χ1v) is 6.71. The molecule has 1 aliphatic heterocycles. The molecule has 104 valence electrons. The molecule has 1 saturated heterocycles. The third-order valence-corrected chi connectivity index (χ3v) is 3.66. The minimum absolute atomic E-state index is 0.0930. The summed E-state index contributed by atoms with van der Waals surface area (Å²) < 4.78 is 5.39. The van der Waals surface area contributed by atoms with E-state index in [9.17, 15) is 4.79 Å². The first-order valence-electron chi connectivity index (χ1n) is 6.71. The molecule has 0 aromatic heterocycles. The van der Waals surface area contributed by atoms with Crippen LogP contribution in [0.5, 0.6) is 0 Å². The Morgan fingerprint density at radius 1 is 1.37 bits per heavy atom. The van der Waals surface area contributed by atoms with E-state index in [0.717, 1.165) is 12.0 Å². The molecular formula is C15H22N2O2. The Balaban J connectivity index is 1.97. The summed E-state index contributed by atoms with van der Waals surface area (Å²) in [4.78, 5) is 13.6. The zero-order chi connectivity index (χ0) is 14.0. The van der Waals surface area contributed by atoms with Gasteiger partial charge in [0.1, 0.15) is 6.61 Å². The molecule has 1 atom stereocenters. The lowest BCUT2D eigenvalue weighted by atomic mass is 10.0. The summed E-state index contributed by atoms with van der Waals surface area (Å²) in [6, 6.07) is 4.32. The van der Waals surface area contributed by atoms with Crippen LogP contribution in [0.3, 0.4) is 0 Å². The summed E-state index contributed by atoms with van der Waals surface area (Å²) in [5.74, 6) is 0. The van der Waals surface area contributed by atoms with Crippen molar-refractivity contribution in [1.29, 1.82) is 0 Å². The van der Waals surface area contributed by atoms with Crippen molar-refractivity contribution in [3.05, 3.63) is 34.4 Å². The third kappa shape index (κ3) is 3.26. The van der Waals surface area contributed by atoms with Crippen LogP contribution in [-0.2, 0) is 11.3 Å². The number of amides is 1. The topological polar surface area (TPSA) is 55.6 Å². The SMILES string of the molecule is Cc1cc(C)c(COC(=O)N2CCC(N)C2)c(C)c1. The molecule has 4 nitrogen and oxygen atoms in total. The number of hydrogen-bond acceptors (Lipinski definition) is 3. The van der Waals surface area contributed by atoms with Crippen molar-refractivity contribution in [3.8, 4) is 0 Å². The van der Waals surface area contributed by atoms with Crippen molar-refractivity contribution in [2.75, 3.05) is 13.1 Å². The second kappa shape index (κ2) is 5.61. The van der Waals surface area contributed by atoms with Gasteiger partial charge in [0.2, 0.25) is 0 Å². The van der Waals surface area contributed by atoms with Crippen molar-refractivity contribution in [1.82, 2.24) is 4.90 Å². The smallest absolute Gasteiger partial charge is 0.410 e. The van der Waals surface area contributed by atoms with Gasteiger partial charge in [0.05, 0.1) is 0 Å². The number of hydrogen-bond donors (Lipinski definition) is 1. The molecule has 0 aliphatic carbocycles. The fourth-order valence-electron chi connectivity index (χ4n) is 2.62. The Bertz CT molecular complexity index is 462. The number of aryl methyl sites for hydroxylation is 3. The van der Waals surface area contributed by atoms with E-state index < -0.39 is 0 Å². The number of ether oxygens (including phenoxy) is 1. The third-order valence-electron chi connectivity index (χ3n) is 3.66. The van der Waals surface area contributed by atoms with E-state index in [1.807, 2.05) is 0 Å². The molecule has 1 unspecified atom stereocenters. The minimum Gasteiger partial charge on any atom is -0.445 e. The molecule has 19 heavy (non-hydrogen) atoms. The van der Waals surface area contributed by atoms with Gasteiger partial charge in [-0.25, -0.2) is 4.79 Å². The number of carbonyl (C=O) groups excluding carboxylic acids is 1. The van der Waals surface area contributed by atoms with Crippen molar-refractivity contribution in [2.45, 2.75) is 39.8 Å². The van der Waals surface area contributed by atoms with Crippen LogP contribution < -0.4 is 5.73 Å². The second-order valence-electron chi connectivity index (χ2n) is 5.43. The molecular weight excluding hydrogens is 240 g/mol. The van der Waals surface area contributed by atoms with E-state index in [2.05, 4.69) is 32.9 Å².